The Morgan fingerprint density at radius 1 is 1.33 bits per heavy atom. The lowest BCUT2D eigenvalue weighted by Crippen LogP contribution is -2.37. The van der Waals surface area contributed by atoms with E-state index >= 15 is 0 Å². The van der Waals surface area contributed by atoms with Crippen molar-refractivity contribution in [2.45, 2.75) is 13.5 Å². The molecule has 0 aliphatic heterocycles. The van der Waals surface area contributed by atoms with E-state index in [1.165, 1.54) is 0 Å². The predicted molar refractivity (Wildman–Crippen MR) is 74.6 cm³/mol. The Labute approximate surface area is 108 Å². The minimum absolute atomic E-state index is 0.467. The molecule has 0 bridgehead atoms. The number of terminal acetylenes is 1. The van der Waals surface area contributed by atoms with Gasteiger partial charge in [-0.15, -0.1) is 6.42 Å². The van der Waals surface area contributed by atoms with Crippen LogP contribution in [0.2, 0.25) is 0 Å². The first-order chi connectivity index (χ1) is 8.80. The topological polar surface area (TPSA) is 45.7 Å². The fourth-order valence-corrected chi connectivity index (χ4v) is 1.38. The molecule has 0 heterocycles. The standard InChI is InChI=1S/C14H19N3O/c1-4-10-16-14(15-5-2)17-11-12-6-8-13(18-3)9-7-12/h1,6-9H,5,10-11H2,2-3H3,(H2,15,16,17). The van der Waals surface area contributed by atoms with Gasteiger partial charge in [-0.25, -0.2) is 4.99 Å². The minimum atomic E-state index is 0.467. The van der Waals surface area contributed by atoms with Crippen LogP contribution in [0.5, 0.6) is 5.75 Å². The summed E-state index contributed by atoms with van der Waals surface area (Å²) < 4.78 is 5.10. The van der Waals surface area contributed by atoms with Crippen LogP contribution in [0.1, 0.15) is 12.5 Å². The van der Waals surface area contributed by atoms with E-state index in [1.54, 1.807) is 7.11 Å². The molecule has 1 aromatic carbocycles. The number of hydrogen-bond acceptors (Lipinski definition) is 2. The van der Waals surface area contributed by atoms with E-state index in [9.17, 15) is 0 Å². The van der Waals surface area contributed by atoms with Crippen molar-refractivity contribution < 1.29 is 4.74 Å². The maximum Gasteiger partial charge on any atom is 0.192 e. The first kappa shape index (κ1) is 13.9. The molecule has 0 fully saturated rings. The Kier molecular flexibility index (Phi) is 6.20. The van der Waals surface area contributed by atoms with Gasteiger partial charge in [-0.2, -0.15) is 0 Å². The SMILES string of the molecule is C#CCNC(=NCc1ccc(OC)cc1)NCC. The molecule has 0 amide bonds. The molecule has 1 rings (SSSR count). The molecule has 0 saturated carbocycles. The molecule has 96 valence electrons. The van der Waals surface area contributed by atoms with Gasteiger partial charge in [-0.05, 0) is 24.6 Å². The van der Waals surface area contributed by atoms with E-state index in [4.69, 9.17) is 11.2 Å². The maximum absolute atomic E-state index is 5.20. The Bertz CT molecular complexity index is 418. The van der Waals surface area contributed by atoms with Gasteiger partial charge in [0.15, 0.2) is 5.96 Å². The monoisotopic (exact) mass is 245 g/mol. The van der Waals surface area contributed by atoms with E-state index < -0.39 is 0 Å². The Morgan fingerprint density at radius 3 is 2.61 bits per heavy atom. The molecule has 0 aromatic heterocycles. The van der Waals surface area contributed by atoms with Crippen LogP contribution < -0.4 is 15.4 Å². The molecule has 0 aliphatic carbocycles. The molecule has 0 aliphatic rings. The molecule has 4 heteroatoms. The lowest BCUT2D eigenvalue weighted by atomic mass is 10.2. The summed E-state index contributed by atoms with van der Waals surface area (Å²) in [6.07, 6.45) is 5.20. The first-order valence-electron chi connectivity index (χ1n) is 5.88. The molecule has 0 saturated heterocycles. The van der Waals surface area contributed by atoms with E-state index in [0.717, 1.165) is 23.8 Å². The first-order valence-corrected chi connectivity index (χ1v) is 5.88. The molecule has 1 aromatic rings. The average Bonchev–Trinajstić information content (AvgIpc) is 2.42. The van der Waals surface area contributed by atoms with Crippen molar-refractivity contribution in [3.63, 3.8) is 0 Å². The highest BCUT2D eigenvalue weighted by Crippen LogP contribution is 2.11. The largest absolute Gasteiger partial charge is 0.497 e. The number of hydrogen-bond donors (Lipinski definition) is 2. The number of ether oxygens (including phenoxy) is 1. The maximum atomic E-state index is 5.20. The highest BCUT2D eigenvalue weighted by molar-refractivity contribution is 5.79. The number of benzene rings is 1. The summed E-state index contributed by atoms with van der Waals surface area (Å²) >= 11 is 0. The second-order valence-corrected chi connectivity index (χ2v) is 3.60. The number of guanidine groups is 1. The molecule has 18 heavy (non-hydrogen) atoms. The summed E-state index contributed by atoms with van der Waals surface area (Å²) in [7, 11) is 1.65. The van der Waals surface area contributed by atoms with Crippen LogP contribution in [-0.2, 0) is 6.54 Å². The quantitative estimate of drug-likeness (QED) is 0.468. The van der Waals surface area contributed by atoms with Crippen LogP contribution in [0.3, 0.4) is 0 Å². The highest BCUT2D eigenvalue weighted by atomic mass is 16.5. The second kappa shape index (κ2) is 8.02. The van der Waals surface area contributed by atoms with Crippen molar-refractivity contribution in [3.05, 3.63) is 29.8 Å². The smallest absolute Gasteiger partial charge is 0.192 e. The fraction of sp³-hybridized carbons (Fsp3) is 0.357. The van der Waals surface area contributed by atoms with Gasteiger partial charge >= 0.3 is 0 Å². The van der Waals surface area contributed by atoms with Crippen molar-refractivity contribution in [2.24, 2.45) is 4.99 Å². The van der Waals surface area contributed by atoms with Crippen molar-refractivity contribution in [2.75, 3.05) is 20.2 Å². The number of aliphatic imine (C=N–C) groups is 1. The van der Waals surface area contributed by atoms with Crippen LogP contribution >= 0.6 is 0 Å². The predicted octanol–water partition coefficient (Wildman–Crippen LogP) is 1.38. The van der Waals surface area contributed by atoms with Gasteiger partial charge in [-0.3, -0.25) is 0 Å². The zero-order chi connectivity index (χ0) is 13.2. The van der Waals surface area contributed by atoms with Gasteiger partial charge in [0.2, 0.25) is 0 Å². The normalized spacial score (nSPS) is 10.6. The fourth-order valence-electron chi connectivity index (χ4n) is 1.38. The summed E-state index contributed by atoms with van der Waals surface area (Å²) in [5, 5.41) is 6.17. The van der Waals surface area contributed by atoms with Crippen LogP contribution in [0.15, 0.2) is 29.3 Å². The lowest BCUT2D eigenvalue weighted by molar-refractivity contribution is 0.414. The molecule has 0 atom stereocenters. The molecule has 0 unspecified atom stereocenters. The van der Waals surface area contributed by atoms with Gasteiger partial charge in [0.1, 0.15) is 5.75 Å². The van der Waals surface area contributed by atoms with Crippen molar-refractivity contribution >= 4 is 5.96 Å². The molecular weight excluding hydrogens is 226 g/mol. The third kappa shape index (κ3) is 4.79. The van der Waals surface area contributed by atoms with Crippen molar-refractivity contribution in [3.8, 4) is 18.1 Å². The van der Waals surface area contributed by atoms with Crippen molar-refractivity contribution in [1.82, 2.24) is 10.6 Å². The van der Waals surface area contributed by atoms with Gasteiger partial charge in [0, 0.05) is 6.54 Å². The number of methoxy groups -OCH3 is 1. The summed E-state index contributed by atoms with van der Waals surface area (Å²) in [6.45, 7) is 3.89. The molecule has 0 radical (unpaired) electrons. The molecule has 2 N–H and O–H groups in total. The van der Waals surface area contributed by atoms with Crippen LogP contribution in [-0.4, -0.2) is 26.2 Å². The van der Waals surface area contributed by atoms with E-state index in [0.29, 0.717) is 13.1 Å². The Morgan fingerprint density at radius 2 is 2.06 bits per heavy atom. The zero-order valence-corrected chi connectivity index (χ0v) is 10.9. The minimum Gasteiger partial charge on any atom is -0.497 e. The third-order valence-electron chi connectivity index (χ3n) is 2.28. The Balaban J connectivity index is 2.59. The van der Waals surface area contributed by atoms with Gasteiger partial charge in [0.05, 0.1) is 20.2 Å². The van der Waals surface area contributed by atoms with Crippen LogP contribution in [0.25, 0.3) is 0 Å². The number of nitrogens with zero attached hydrogens (tertiary/aromatic N) is 1. The molecule has 0 spiro atoms. The number of nitrogens with one attached hydrogen (secondary N) is 2. The lowest BCUT2D eigenvalue weighted by Gasteiger charge is -2.08. The molecular formula is C14H19N3O. The highest BCUT2D eigenvalue weighted by Gasteiger charge is 1.96. The summed E-state index contributed by atoms with van der Waals surface area (Å²) in [5.74, 6) is 4.10. The van der Waals surface area contributed by atoms with E-state index in [2.05, 4.69) is 21.5 Å². The Hall–Kier alpha value is -2.15. The number of rotatable bonds is 5. The third-order valence-corrected chi connectivity index (χ3v) is 2.28. The van der Waals surface area contributed by atoms with Gasteiger partial charge in [0.25, 0.3) is 0 Å². The zero-order valence-electron chi connectivity index (χ0n) is 10.9. The summed E-state index contributed by atoms with van der Waals surface area (Å²) in [4.78, 5) is 4.43. The van der Waals surface area contributed by atoms with Crippen molar-refractivity contribution in [1.29, 1.82) is 0 Å². The van der Waals surface area contributed by atoms with E-state index in [1.807, 2.05) is 31.2 Å². The van der Waals surface area contributed by atoms with E-state index in [-0.39, 0.29) is 0 Å². The average molecular weight is 245 g/mol. The summed E-state index contributed by atoms with van der Waals surface area (Å²) in [5.41, 5.74) is 1.12. The van der Waals surface area contributed by atoms with Crippen LogP contribution in [0.4, 0.5) is 0 Å². The molecule has 4 nitrogen and oxygen atoms in total. The second-order valence-electron chi connectivity index (χ2n) is 3.60. The van der Waals surface area contributed by atoms with Crippen LogP contribution in [0, 0.1) is 12.3 Å². The van der Waals surface area contributed by atoms with Gasteiger partial charge < -0.3 is 15.4 Å². The summed E-state index contributed by atoms with van der Waals surface area (Å²) in [6, 6.07) is 7.83. The van der Waals surface area contributed by atoms with Gasteiger partial charge in [-0.1, -0.05) is 18.1 Å².